The van der Waals surface area contributed by atoms with Gasteiger partial charge in [0.25, 0.3) is 0 Å². The highest BCUT2D eigenvalue weighted by molar-refractivity contribution is 5.67. The van der Waals surface area contributed by atoms with E-state index in [0.717, 1.165) is 12.8 Å². The molecule has 1 unspecified atom stereocenters. The van der Waals surface area contributed by atoms with E-state index in [0.29, 0.717) is 13.2 Å². The fraction of sp³-hybridized carbons (Fsp3) is 0.923. The maximum atomic E-state index is 11.5. The molecule has 0 aromatic heterocycles. The van der Waals surface area contributed by atoms with Gasteiger partial charge in [-0.1, -0.05) is 6.92 Å². The molecule has 0 heterocycles. The Bertz CT molecular complexity index is 250. The number of aliphatic hydroxyl groups is 1. The standard InChI is InChI=1S/C13H27NO4/c1-12(2,3)18-11(16)14-9-13(4,10-15)7-6-8-17-5/h15H,6-10H2,1-5H3,(H,14,16). The summed E-state index contributed by atoms with van der Waals surface area (Å²) in [5.74, 6) is 0. The summed E-state index contributed by atoms with van der Waals surface area (Å²) in [5, 5.41) is 12.1. The molecule has 0 aromatic rings. The molecule has 0 aliphatic carbocycles. The van der Waals surface area contributed by atoms with Crippen LogP contribution in [0.4, 0.5) is 4.79 Å². The maximum absolute atomic E-state index is 11.5. The van der Waals surface area contributed by atoms with Gasteiger partial charge in [-0.15, -0.1) is 0 Å². The van der Waals surface area contributed by atoms with Crippen molar-refractivity contribution in [2.75, 3.05) is 26.9 Å². The van der Waals surface area contributed by atoms with Crippen LogP contribution in [-0.2, 0) is 9.47 Å². The number of carbonyl (C=O) groups excluding carboxylic acids is 1. The Balaban J connectivity index is 4.08. The quantitative estimate of drug-likeness (QED) is 0.687. The van der Waals surface area contributed by atoms with Crippen molar-refractivity contribution in [3.8, 4) is 0 Å². The van der Waals surface area contributed by atoms with E-state index in [-0.39, 0.29) is 12.0 Å². The Labute approximate surface area is 110 Å². The second kappa shape index (κ2) is 7.59. The first-order chi connectivity index (χ1) is 8.22. The van der Waals surface area contributed by atoms with Crippen molar-refractivity contribution in [3.63, 3.8) is 0 Å². The van der Waals surface area contributed by atoms with Crippen molar-refractivity contribution < 1.29 is 19.4 Å². The first-order valence-electron chi connectivity index (χ1n) is 6.29. The van der Waals surface area contributed by atoms with Crippen molar-refractivity contribution in [1.82, 2.24) is 5.32 Å². The largest absolute Gasteiger partial charge is 0.444 e. The lowest BCUT2D eigenvalue weighted by atomic mass is 9.86. The Morgan fingerprint density at radius 3 is 2.33 bits per heavy atom. The molecule has 2 N–H and O–H groups in total. The molecule has 0 aromatic carbocycles. The van der Waals surface area contributed by atoms with Gasteiger partial charge >= 0.3 is 6.09 Å². The van der Waals surface area contributed by atoms with E-state index in [2.05, 4.69) is 5.32 Å². The van der Waals surface area contributed by atoms with Gasteiger partial charge in [-0.25, -0.2) is 4.79 Å². The molecule has 5 heteroatoms. The third-order valence-electron chi connectivity index (χ3n) is 2.57. The normalized spacial score (nSPS) is 15.0. The van der Waals surface area contributed by atoms with Crippen LogP contribution < -0.4 is 5.32 Å². The van der Waals surface area contributed by atoms with E-state index in [9.17, 15) is 9.90 Å². The highest BCUT2D eigenvalue weighted by Gasteiger charge is 2.25. The van der Waals surface area contributed by atoms with E-state index in [4.69, 9.17) is 9.47 Å². The van der Waals surface area contributed by atoms with Crippen molar-refractivity contribution >= 4 is 6.09 Å². The second-order valence-corrected chi connectivity index (χ2v) is 5.92. The van der Waals surface area contributed by atoms with Crippen LogP contribution in [0.5, 0.6) is 0 Å². The number of aliphatic hydroxyl groups excluding tert-OH is 1. The van der Waals surface area contributed by atoms with Crippen LogP contribution in [0, 0.1) is 5.41 Å². The lowest BCUT2D eigenvalue weighted by molar-refractivity contribution is 0.0464. The van der Waals surface area contributed by atoms with Crippen LogP contribution in [0.3, 0.4) is 0 Å². The number of carbonyl (C=O) groups is 1. The SMILES string of the molecule is COCCCC(C)(CO)CNC(=O)OC(C)(C)C. The zero-order valence-electron chi connectivity index (χ0n) is 12.2. The van der Waals surface area contributed by atoms with E-state index < -0.39 is 11.7 Å². The van der Waals surface area contributed by atoms with Crippen LogP contribution in [0.2, 0.25) is 0 Å². The third kappa shape index (κ3) is 8.31. The minimum absolute atomic E-state index is 0.0203. The summed E-state index contributed by atoms with van der Waals surface area (Å²) in [6.45, 7) is 8.44. The van der Waals surface area contributed by atoms with Gasteiger partial charge in [0, 0.05) is 25.7 Å². The minimum Gasteiger partial charge on any atom is -0.444 e. The van der Waals surface area contributed by atoms with Gasteiger partial charge in [0.15, 0.2) is 0 Å². The van der Waals surface area contributed by atoms with Crippen molar-refractivity contribution in [3.05, 3.63) is 0 Å². The number of hydrogen-bond donors (Lipinski definition) is 2. The van der Waals surface area contributed by atoms with Gasteiger partial charge in [0.1, 0.15) is 5.60 Å². The number of rotatable bonds is 7. The summed E-state index contributed by atoms with van der Waals surface area (Å²) in [4.78, 5) is 11.5. The second-order valence-electron chi connectivity index (χ2n) is 5.92. The Hall–Kier alpha value is -0.810. The van der Waals surface area contributed by atoms with E-state index in [1.54, 1.807) is 7.11 Å². The average Bonchev–Trinajstić information content (AvgIpc) is 2.25. The van der Waals surface area contributed by atoms with E-state index in [1.165, 1.54) is 0 Å². The Kier molecular flexibility index (Phi) is 7.25. The van der Waals surface area contributed by atoms with Gasteiger partial charge in [0.05, 0.1) is 6.61 Å². The first kappa shape index (κ1) is 17.2. The molecular formula is C13H27NO4. The predicted molar refractivity (Wildman–Crippen MR) is 70.5 cm³/mol. The Morgan fingerprint density at radius 1 is 1.28 bits per heavy atom. The molecule has 0 rings (SSSR count). The molecule has 5 nitrogen and oxygen atoms in total. The van der Waals surface area contributed by atoms with Crippen LogP contribution in [0.15, 0.2) is 0 Å². The molecule has 0 aliphatic rings. The number of ether oxygens (including phenoxy) is 2. The van der Waals surface area contributed by atoms with Crippen molar-refractivity contribution in [2.24, 2.45) is 5.41 Å². The molecule has 0 radical (unpaired) electrons. The van der Waals surface area contributed by atoms with Crippen LogP contribution in [0.1, 0.15) is 40.5 Å². The highest BCUT2D eigenvalue weighted by atomic mass is 16.6. The summed E-state index contributed by atoms with van der Waals surface area (Å²) < 4.78 is 10.1. The minimum atomic E-state index is -0.504. The predicted octanol–water partition coefficient (Wildman–Crippen LogP) is 1.94. The number of nitrogens with one attached hydrogen (secondary N) is 1. The summed E-state index contributed by atoms with van der Waals surface area (Å²) in [5.41, 5.74) is -0.842. The fourth-order valence-electron chi connectivity index (χ4n) is 1.47. The van der Waals surface area contributed by atoms with Crippen LogP contribution >= 0.6 is 0 Å². The molecule has 0 saturated carbocycles. The molecule has 0 aliphatic heterocycles. The molecule has 108 valence electrons. The first-order valence-corrected chi connectivity index (χ1v) is 6.29. The van der Waals surface area contributed by atoms with Gasteiger partial charge < -0.3 is 19.9 Å². The van der Waals surface area contributed by atoms with Gasteiger partial charge in [0.2, 0.25) is 0 Å². The number of hydrogen-bond acceptors (Lipinski definition) is 4. The van der Waals surface area contributed by atoms with Crippen LogP contribution in [-0.4, -0.2) is 43.7 Å². The van der Waals surface area contributed by atoms with Gasteiger partial charge in [-0.2, -0.15) is 0 Å². The molecule has 0 bridgehead atoms. The molecule has 1 amide bonds. The topological polar surface area (TPSA) is 67.8 Å². The van der Waals surface area contributed by atoms with E-state index >= 15 is 0 Å². The fourth-order valence-corrected chi connectivity index (χ4v) is 1.47. The lowest BCUT2D eigenvalue weighted by Gasteiger charge is -2.28. The molecule has 0 saturated heterocycles. The lowest BCUT2D eigenvalue weighted by Crippen LogP contribution is -2.40. The molecule has 18 heavy (non-hydrogen) atoms. The van der Waals surface area contributed by atoms with E-state index in [1.807, 2.05) is 27.7 Å². The van der Waals surface area contributed by atoms with Crippen LogP contribution in [0.25, 0.3) is 0 Å². The van der Waals surface area contributed by atoms with Gasteiger partial charge in [-0.05, 0) is 33.6 Å². The maximum Gasteiger partial charge on any atom is 0.407 e. The summed E-state index contributed by atoms with van der Waals surface area (Å²) in [6, 6.07) is 0. The monoisotopic (exact) mass is 261 g/mol. The summed E-state index contributed by atoms with van der Waals surface area (Å²) >= 11 is 0. The van der Waals surface area contributed by atoms with Crippen molar-refractivity contribution in [2.45, 2.75) is 46.1 Å². The molecular weight excluding hydrogens is 234 g/mol. The average molecular weight is 261 g/mol. The zero-order valence-corrected chi connectivity index (χ0v) is 12.2. The molecule has 0 fully saturated rings. The number of amides is 1. The zero-order chi connectivity index (χ0) is 14.2. The smallest absolute Gasteiger partial charge is 0.407 e. The van der Waals surface area contributed by atoms with Gasteiger partial charge in [-0.3, -0.25) is 0 Å². The van der Waals surface area contributed by atoms with Crippen molar-refractivity contribution in [1.29, 1.82) is 0 Å². The summed E-state index contributed by atoms with van der Waals surface area (Å²) in [6.07, 6.45) is 1.19. The third-order valence-corrected chi connectivity index (χ3v) is 2.57. The number of methoxy groups -OCH3 is 1. The molecule has 1 atom stereocenters. The highest BCUT2D eigenvalue weighted by Crippen LogP contribution is 2.21. The Morgan fingerprint density at radius 2 is 1.89 bits per heavy atom. The number of alkyl carbamates (subject to hydrolysis) is 1. The molecule has 0 spiro atoms. The summed E-state index contributed by atoms with van der Waals surface area (Å²) in [7, 11) is 1.65.